The molecule has 7 nitrogen and oxygen atoms in total. The SMILES string of the molecule is CC(NC(=O)c1csc(CCN)n1)c1ccc(OCC(=O)NC2CC2)cc1.Cl. The third kappa shape index (κ3) is 6.47. The smallest absolute Gasteiger partial charge is 0.271 e. The quantitative estimate of drug-likeness (QED) is 0.572. The molecule has 1 fully saturated rings. The summed E-state index contributed by atoms with van der Waals surface area (Å²) in [7, 11) is 0. The Labute approximate surface area is 174 Å². The van der Waals surface area contributed by atoms with Crippen molar-refractivity contribution in [2.45, 2.75) is 38.3 Å². The van der Waals surface area contributed by atoms with Gasteiger partial charge in [-0.25, -0.2) is 4.98 Å². The number of benzene rings is 1. The van der Waals surface area contributed by atoms with Gasteiger partial charge in [-0.05, 0) is 44.0 Å². The number of carbonyl (C=O) groups excluding carboxylic acids is 2. The molecule has 0 spiro atoms. The summed E-state index contributed by atoms with van der Waals surface area (Å²) in [5.41, 5.74) is 6.86. The lowest BCUT2D eigenvalue weighted by atomic mass is 10.1. The van der Waals surface area contributed by atoms with Crippen molar-refractivity contribution in [3.63, 3.8) is 0 Å². The van der Waals surface area contributed by atoms with Crippen LogP contribution in [0.3, 0.4) is 0 Å². The van der Waals surface area contributed by atoms with Crippen molar-refractivity contribution < 1.29 is 14.3 Å². The molecule has 0 saturated heterocycles. The van der Waals surface area contributed by atoms with Gasteiger partial charge < -0.3 is 21.1 Å². The van der Waals surface area contributed by atoms with Gasteiger partial charge in [-0.1, -0.05) is 12.1 Å². The maximum atomic E-state index is 12.3. The molecule has 28 heavy (non-hydrogen) atoms. The lowest BCUT2D eigenvalue weighted by molar-refractivity contribution is -0.123. The zero-order chi connectivity index (χ0) is 19.2. The van der Waals surface area contributed by atoms with Crippen molar-refractivity contribution >= 4 is 35.6 Å². The molecule has 1 heterocycles. The van der Waals surface area contributed by atoms with E-state index >= 15 is 0 Å². The molecular weight excluding hydrogens is 400 g/mol. The fourth-order valence-electron chi connectivity index (χ4n) is 2.51. The van der Waals surface area contributed by atoms with Gasteiger partial charge in [0, 0.05) is 17.8 Å². The van der Waals surface area contributed by atoms with Crippen LogP contribution in [0.15, 0.2) is 29.6 Å². The molecule has 0 aliphatic heterocycles. The normalized spacial score (nSPS) is 13.9. The van der Waals surface area contributed by atoms with Crippen LogP contribution in [0, 0.1) is 0 Å². The first-order chi connectivity index (χ1) is 13.0. The van der Waals surface area contributed by atoms with E-state index in [-0.39, 0.29) is 36.9 Å². The Kier molecular flexibility index (Phi) is 8.22. The van der Waals surface area contributed by atoms with Gasteiger partial charge in [-0.15, -0.1) is 23.7 Å². The summed E-state index contributed by atoms with van der Waals surface area (Å²) in [5, 5.41) is 8.42. The molecule has 2 aromatic rings. The maximum Gasteiger partial charge on any atom is 0.271 e. The topological polar surface area (TPSA) is 106 Å². The summed E-state index contributed by atoms with van der Waals surface area (Å²) in [6.45, 7) is 2.43. The predicted octanol–water partition coefficient (Wildman–Crippen LogP) is 2.21. The number of thiazole rings is 1. The standard InChI is InChI=1S/C19H24N4O3S.ClH/c1-12(21-19(25)16-11-27-18(23-16)8-9-20)13-2-6-15(7-3-13)26-10-17(24)22-14-4-5-14;/h2-3,6-7,11-12,14H,4-5,8-10,20H2,1H3,(H,21,25)(H,22,24);1H. The molecule has 1 aliphatic rings. The van der Waals surface area contributed by atoms with Crippen LogP contribution in [0.2, 0.25) is 0 Å². The summed E-state index contributed by atoms with van der Waals surface area (Å²) in [4.78, 5) is 28.3. The molecule has 1 aromatic heterocycles. The molecule has 3 rings (SSSR count). The summed E-state index contributed by atoms with van der Waals surface area (Å²) >= 11 is 1.44. The van der Waals surface area contributed by atoms with E-state index in [0.717, 1.165) is 23.4 Å². The molecule has 1 atom stereocenters. The number of aromatic nitrogens is 1. The zero-order valence-corrected chi connectivity index (χ0v) is 17.3. The second kappa shape index (κ2) is 10.4. The molecule has 152 valence electrons. The molecule has 1 saturated carbocycles. The van der Waals surface area contributed by atoms with Crippen molar-refractivity contribution in [1.29, 1.82) is 0 Å². The minimum Gasteiger partial charge on any atom is -0.484 e. The molecule has 9 heteroatoms. The number of hydrogen-bond acceptors (Lipinski definition) is 6. The minimum absolute atomic E-state index is 0. The van der Waals surface area contributed by atoms with Gasteiger partial charge in [0.05, 0.1) is 11.0 Å². The fourth-order valence-corrected chi connectivity index (χ4v) is 3.30. The Morgan fingerprint density at radius 1 is 1.32 bits per heavy atom. The Morgan fingerprint density at radius 3 is 2.68 bits per heavy atom. The van der Waals surface area contributed by atoms with E-state index in [2.05, 4.69) is 15.6 Å². The summed E-state index contributed by atoms with van der Waals surface area (Å²) < 4.78 is 5.49. The van der Waals surface area contributed by atoms with Crippen LogP contribution in [-0.4, -0.2) is 36.0 Å². The van der Waals surface area contributed by atoms with E-state index in [1.807, 2.05) is 19.1 Å². The lowest BCUT2D eigenvalue weighted by Crippen LogP contribution is -2.30. The summed E-state index contributed by atoms with van der Waals surface area (Å²) in [5.74, 6) is 0.313. The number of rotatable bonds is 9. The number of carbonyl (C=O) groups is 2. The summed E-state index contributed by atoms with van der Waals surface area (Å²) in [6, 6.07) is 7.50. The summed E-state index contributed by atoms with van der Waals surface area (Å²) in [6.07, 6.45) is 2.78. The van der Waals surface area contributed by atoms with Crippen LogP contribution in [0.25, 0.3) is 0 Å². The largest absolute Gasteiger partial charge is 0.484 e. The molecule has 0 bridgehead atoms. The second-order valence-electron chi connectivity index (χ2n) is 6.56. The monoisotopic (exact) mass is 424 g/mol. The van der Waals surface area contributed by atoms with Gasteiger partial charge in [-0.3, -0.25) is 9.59 Å². The molecular formula is C19H25ClN4O3S. The number of amides is 2. The van der Waals surface area contributed by atoms with Crippen LogP contribution in [0.1, 0.15) is 46.9 Å². The Bertz CT molecular complexity index is 793. The zero-order valence-electron chi connectivity index (χ0n) is 15.6. The van der Waals surface area contributed by atoms with Gasteiger partial charge in [0.25, 0.3) is 11.8 Å². The first-order valence-corrected chi connectivity index (χ1v) is 9.90. The van der Waals surface area contributed by atoms with Gasteiger partial charge in [-0.2, -0.15) is 0 Å². The number of nitrogens with two attached hydrogens (primary N) is 1. The average Bonchev–Trinajstić information content (AvgIpc) is 3.34. The van der Waals surface area contributed by atoms with Crippen molar-refractivity contribution in [2.75, 3.05) is 13.2 Å². The first kappa shape index (κ1) is 22.1. The molecule has 0 radical (unpaired) electrons. The molecule has 4 N–H and O–H groups in total. The number of nitrogens with zero attached hydrogens (tertiary/aromatic N) is 1. The third-order valence-corrected chi connectivity index (χ3v) is 5.09. The number of nitrogens with one attached hydrogen (secondary N) is 2. The van der Waals surface area contributed by atoms with Crippen molar-refractivity contribution in [3.8, 4) is 5.75 Å². The van der Waals surface area contributed by atoms with E-state index in [1.165, 1.54) is 11.3 Å². The highest BCUT2D eigenvalue weighted by Crippen LogP contribution is 2.20. The highest BCUT2D eigenvalue weighted by atomic mass is 35.5. The van der Waals surface area contributed by atoms with Crippen molar-refractivity contribution in [3.05, 3.63) is 45.9 Å². The predicted molar refractivity (Wildman–Crippen MR) is 111 cm³/mol. The third-order valence-electron chi connectivity index (χ3n) is 4.18. The van der Waals surface area contributed by atoms with E-state index in [0.29, 0.717) is 30.5 Å². The number of hydrogen-bond donors (Lipinski definition) is 3. The van der Waals surface area contributed by atoms with Crippen LogP contribution < -0.4 is 21.1 Å². The minimum atomic E-state index is -0.209. The van der Waals surface area contributed by atoms with E-state index in [4.69, 9.17) is 10.5 Å². The van der Waals surface area contributed by atoms with E-state index < -0.39 is 0 Å². The van der Waals surface area contributed by atoms with Gasteiger partial charge >= 0.3 is 0 Å². The van der Waals surface area contributed by atoms with Crippen molar-refractivity contribution in [2.24, 2.45) is 5.73 Å². The Balaban J connectivity index is 0.00000280. The number of halogens is 1. The van der Waals surface area contributed by atoms with Crippen LogP contribution in [-0.2, 0) is 11.2 Å². The maximum absolute atomic E-state index is 12.3. The number of ether oxygens (including phenoxy) is 1. The van der Waals surface area contributed by atoms with Crippen molar-refractivity contribution in [1.82, 2.24) is 15.6 Å². The second-order valence-corrected chi connectivity index (χ2v) is 7.50. The Morgan fingerprint density at radius 2 is 2.04 bits per heavy atom. The van der Waals surface area contributed by atoms with Crippen LogP contribution in [0.4, 0.5) is 0 Å². The van der Waals surface area contributed by atoms with E-state index in [9.17, 15) is 9.59 Å². The Hall–Kier alpha value is -2.16. The first-order valence-electron chi connectivity index (χ1n) is 9.02. The molecule has 2 amide bonds. The van der Waals surface area contributed by atoms with Crippen LogP contribution >= 0.6 is 23.7 Å². The molecule has 1 unspecified atom stereocenters. The van der Waals surface area contributed by atoms with Gasteiger partial charge in [0.15, 0.2) is 6.61 Å². The lowest BCUT2D eigenvalue weighted by Gasteiger charge is -2.14. The molecule has 1 aromatic carbocycles. The average molecular weight is 425 g/mol. The molecule has 1 aliphatic carbocycles. The highest BCUT2D eigenvalue weighted by Gasteiger charge is 2.23. The van der Waals surface area contributed by atoms with Crippen LogP contribution in [0.5, 0.6) is 5.75 Å². The fraction of sp³-hybridized carbons (Fsp3) is 0.421. The van der Waals surface area contributed by atoms with Gasteiger partial charge in [0.1, 0.15) is 11.4 Å². The van der Waals surface area contributed by atoms with Gasteiger partial charge in [0.2, 0.25) is 0 Å². The van der Waals surface area contributed by atoms with E-state index in [1.54, 1.807) is 17.5 Å². The highest BCUT2D eigenvalue weighted by molar-refractivity contribution is 7.09.